The van der Waals surface area contributed by atoms with Gasteiger partial charge < -0.3 is 36.4 Å². The number of hydrogen-bond acceptors (Lipinski definition) is 12. The molecule has 2 aliphatic heterocycles. The zero-order chi connectivity index (χ0) is 59.0. The maximum Gasteiger partial charge on any atom is 0.323 e. The molecule has 2 saturated heterocycles. The number of nitrogens with one attached hydrogen (secondary N) is 4. The number of halogens is 4. The minimum atomic E-state index is -0.928. The van der Waals surface area contributed by atoms with E-state index in [-0.39, 0.29) is 73.8 Å². The number of amides is 5. The van der Waals surface area contributed by atoms with E-state index >= 15 is 8.78 Å². The number of anilines is 3. The molecule has 21 heteroatoms. The molecule has 2 saturated carbocycles. The van der Waals surface area contributed by atoms with Crippen molar-refractivity contribution < 1.29 is 38.2 Å². The number of ketones is 1. The Kier molecular flexibility index (Phi) is 19.5. The van der Waals surface area contributed by atoms with Crippen LogP contribution < -0.4 is 27.0 Å². The first kappa shape index (κ1) is 60.6. The summed E-state index contributed by atoms with van der Waals surface area (Å²) < 4.78 is 30.4. The SMILES string of the molecule is CNC(CCC1CC1)(c1ccnc(C)c1)c1ccc(F)c(CC(=O)[C@H]2C[C@@H](CO)CN2C(=O)Nc2ccc(Cl)cn2)c1.Cc1cc(C(N)(CCC2CC2)c2ccc(F)c(NC(=O)[C@H]3C[C@@H](CO)CN3C(=O)Nc3ccc(Cl)cn3)c2)ccn1. The molecule has 10 rings (SSSR count). The first-order valence-electron chi connectivity index (χ1n) is 28.2. The summed E-state index contributed by atoms with van der Waals surface area (Å²) in [5.41, 5.74) is 11.0. The Morgan fingerprint density at radius 2 is 1.13 bits per heavy atom. The number of nitrogens with two attached hydrogens (primary N) is 1. The van der Waals surface area contributed by atoms with Crippen LogP contribution in [0.2, 0.25) is 10.0 Å². The van der Waals surface area contributed by atoms with E-state index in [1.54, 1.807) is 60.9 Å². The normalized spacial score (nSPS) is 19.9. The predicted molar refractivity (Wildman–Crippen MR) is 315 cm³/mol. The second kappa shape index (κ2) is 26.7. The molecule has 83 heavy (non-hydrogen) atoms. The molecular weight excluding hydrogens is 1100 g/mol. The first-order chi connectivity index (χ1) is 39.9. The first-order valence-corrected chi connectivity index (χ1v) is 29.0. The molecule has 0 bridgehead atoms. The van der Waals surface area contributed by atoms with E-state index in [1.165, 1.54) is 60.0 Å². The number of likely N-dealkylation sites (tertiary alicyclic amines) is 2. The second-order valence-corrected chi connectivity index (χ2v) is 23.5. The van der Waals surface area contributed by atoms with Gasteiger partial charge in [-0.05, 0) is 166 Å². The average molecular weight is 1180 g/mol. The van der Waals surface area contributed by atoms with Gasteiger partial charge in [0.1, 0.15) is 29.3 Å². The molecule has 6 aromatic rings. The van der Waals surface area contributed by atoms with Gasteiger partial charge in [-0.2, -0.15) is 0 Å². The average Bonchev–Trinajstić information content (AvgIpc) is 4.40. The number of aliphatic hydroxyl groups is 2. The van der Waals surface area contributed by atoms with Crippen molar-refractivity contribution in [3.05, 3.63) is 171 Å². The van der Waals surface area contributed by atoms with Gasteiger partial charge in [0, 0.05) is 80.7 Å². The molecule has 438 valence electrons. The lowest BCUT2D eigenvalue weighted by molar-refractivity contribution is -0.122. The van der Waals surface area contributed by atoms with Crippen LogP contribution in [0.5, 0.6) is 0 Å². The predicted octanol–water partition coefficient (Wildman–Crippen LogP) is 10.1. The number of Topliss-reactive ketones (excluding diaryl/α,β-unsaturated/α-hetero) is 1. The topological polar surface area (TPSA) is 241 Å². The summed E-state index contributed by atoms with van der Waals surface area (Å²) in [6.45, 7) is 3.86. The zero-order valence-corrected chi connectivity index (χ0v) is 48.3. The molecule has 8 N–H and O–H groups in total. The van der Waals surface area contributed by atoms with Crippen LogP contribution in [-0.2, 0) is 27.1 Å². The number of aromatic nitrogens is 4. The summed E-state index contributed by atoms with van der Waals surface area (Å²) in [7, 11) is 1.91. The molecule has 2 aliphatic carbocycles. The van der Waals surface area contributed by atoms with Gasteiger partial charge in [0.25, 0.3) is 0 Å². The summed E-state index contributed by atoms with van der Waals surface area (Å²) in [5.74, 6) is -0.589. The van der Waals surface area contributed by atoms with Crippen molar-refractivity contribution in [2.75, 3.05) is 49.3 Å². The number of aliphatic hydroxyl groups excluding tert-OH is 2. The van der Waals surface area contributed by atoms with Crippen LogP contribution in [-0.4, -0.2) is 109 Å². The van der Waals surface area contributed by atoms with Gasteiger partial charge in [-0.15, -0.1) is 0 Å². The quantitative estimate of drug-likeness (QED) is 0.0378. The lowest BCUT2D eigenvalue weighted by Crippen LogP contribution is -2.45. The van der Waals surface area contributed by atoms with Crippen LogP contribution in [0.15, 0.2) is 110 Å². The van der Waals surface area contributed by atoms with Gasteiger partial charge in [-0.25, -0.2) is 28.3 Å². The minimum Gasteiger partial charge on any atom is -0.396 e. The Labute approximate surface area is 492 Å². The number of nitrogens with zero attached hydrogens (tertiary/aromatic N) is 6. The Morgan fingerprint density at radius 3 is 1.67 bits per heavy atom. The molecular formula is C62H71Cl2F2N11O6. The number of aryl methyl sites for hydroxylation is 2. The maximum atomic E-state index is 15.3. The number of benzene rings is 2. The van der Waals surface area contributed by atoms with Gasteiger partial charge >= 0.3 is 12.1 Å². The van der Waals surface area contributed by atoms with E-state index in [1.807, 2.05) is 39.1 Å². The van der Waals surface area contributed by atoms with Crippen molar-refractivity contribution in [2.24, 2.45) is 29.4 Å². The molecule has 5 amide bonds. The monoisotopic (exact) mass is 1170 g/mol. The van der Waals surface area contributed by atoms with E-state index in [4.69, 9.17) is 28.9 Å². The Bertz CT molecular complexity index is 3280. The molecule has 2 aromatic carbocycles. The maximum absolute atomic E-state index is 15.3. The second-order valence-electron chi connectivity index (χ2n) is 22.6. The number of pyridine rings is 4. The summed E-state index contributed by atoms with van der Waals surface area (Å²) in [5, 5.41) is 32.0. The molecule has 4 fully saturated rings. The van der Waals surface area contributed by atoms with Crippen molar-refractivity contribution >= 4 is 64.3 Å². The molecule has 0 spiro atoms. The van der Waals surface area contributed by atoms with E-state index in [2.05, 4.69) is 47.3 Å². The molecule has 4 aromatic heterocycles. The van der Waals surface area contributed by atoms with Crippen molar-refractivity contribution in [1.29, 1.82) is 0 Å². The lowest BCUT2D eigenvalue weighted by Gasteiger charge is -2.36. The number of urea groups is 2. The summed E-state index contributed by atoms with van der Waals surface area (Å²) in [6, 6.07) is 20.9. The summed E-state index contributed by atoms with van der Waals surface area (Å²) in [4.78, 5) is 73.0. The number of carbonyl (C=O) groups excluding carboxylic acids is 4. The zero-order valence-electron chi connectivity index (χ0n) is 46.8. The van der Waals surface area contributed by atoms with Gasteiger partial charge in [0.2, 0.25) is 5.91 Å². The molecule has 17 nitrogen and oxygen atoms in total. The fourth-order valence-electron chi connectivity index (χ4n) is 11.4. The van der Waals surface area contributed by atoms with Crippen LogP contribution >= 0.6 is 23.2 Å². The van der Waals surface area contributed by atoms with Gasteiger partial charge in [0.15, 0.2) is 5.78 Å². The fraction of sp³-hybridized carbons (Fsp3) is 0.419. The number of hydrogen-bond donors (Lipinski definition) is 7. The van der Waals surface area contributed by atoms with Crippen LogP contribution in [0.4, 0.5) is 35.7 Å². The molecule has 6 atom stereocenters. The summed E-state index contributed by atoms with van der Waals surface area (Å²) in [6.07, 6.45) is 15.0. The fourth-order valence-corrected chi connectivity index (χ4v) is 11.6. The third-order valence-corrected chi connectivity index (χ3v) is 17.0. The number of rotatable bonds is 20. The van der Waals surface area contributed by atoms with Crippen molar-refractivity contribution in [1.82, 2.24) is 35.1 Å². The summed E-state index contributed by atoms with van der Waals surface area (Å²) >= 11 is 11.8. The van der Waals surface area contributed by atoms with Crippen molar-refractivity contribution in [3.63, 3.8) is 0 Å². The van der Waals surface area contributed by atoms with Crippen molar-refractivity contribution in [2.45, 2.75) is 108 Å². The molecule has 0 radical (unpaired) electrons. The highest BCUT2D eigenvalue weighted by atomic mass is 35.5. The Balaban J connectivity index is 0.000000200. The highest BCUT2D eigenvalue weighted by Gasteiger charge is 2.43. The van der Waals surface area contributed by atoms with E-state index in [0.717, 1.165) is 47.3 Å². The van der Waals surface area contributed by atoms with Gasteiger partial charge in [-0.1, -0.05) is 67.1 Å². The number of carbonyl (C=O) groups is 4. The smallest absolute Gasteiger partial charge is 0.323 e. The molecule has 2 unspecified atom stereocenters. The van der Waals surface area contributed by atoms with Crippen LogP contribution in [0, 0.1) is 49.2 Å². The highest BCUT2D eigenvalue weighted by Crippen LogP contribution is 2.43. The largest absolute Gasteiger partial charge is 0.396 e. The molecule has 6 heterocycles. The highest BCUT2D eigenvalue weighted by molar-refractivity contribution is 6.30. The van der Waals surface area contributed by atoms with E-state index < -0.39 is 52.8 Å². The van der Waals surface area contributed by atoms with E-state index in [0.29, 0.717) is 46.1 Å². The lowest BCUT2D eigenvalue weighted by atomic mass is 9.78. The van der Waals surface area contributed by atoms with Crippen LogP contribution in [0.3, 0.4) is 0 Å². The standard InChI is InChI=1S/C32H37ClFN5O3.C30H34ClFN6O3/c1-20-13-25(10-12-36-20)32(35-2,11-9-21-3-4-21)24-5-7-27(34)23(15-24)16-29(41)28-14-22(19-40)18-39(28)31(42)38-30-8-6-26(33)17-37-30;1-18-12-22(9-11-34-18)30(33,10-8-19-2-3-19)21-4-6-24(32)25(14-21)36-28(40)26-13-20(17-39)16-38(26)29(41)37-27-7-5-23(31)15-35-27/h5-8,10,12-13,15,17,21-22,28,35,40H,3-4,9,11,14,16,18-19H2,1-2H3,(H,37,38,42);4-7,9,11-12,14-15,19-20,26,39H,2-3,8,10,13,16-17,33H2,1H3,(H,36,40)(H,35,37,41)/t22-,28-,32?;20-,26-,30?/m11/s1. The third kappa shape index (κ3) is 14.9. The van der Waals surface area contributed by atoms with Gasteiger partial charge in [-0.3, -0.25) is 30.2 Å². The molecule has 4 aliphatic rings. The van der Waals surface area contributed by atoms with Crippen molar-refractivity contribution in [3.8, 4) is 0 Å². The van der Waals surface area contributed by atoms with Crippen LogP contribution in [0.1, 0.15) is 103 Å². The third-order valence-electron chi connectivity index (χ3n) is 16.6. The Morgan fingerprint density at radius 1 is 0.627 bits per heavy atom. The van der Waals surface area contributed by atoms with E-state index in [9.17, 15) is 29.4 Å². The van der Waals surface area contributed by atoms with Gasteiger partial charge in [0.05, 0.1) is 32.9 Å². The Hall–Kier alpha value is -7.00. The van der Waals surface area contributed by atoms with Crippen LogP contribution in [0.25, 0.3) is 0 Å². The minimum absolute atomic E-state index is 0.0216.